The van der Waals surface area contributed by atoms with E-state index >= 15 is 0 Å². The molecule has 3 fully saturated rings. The second-order valence-electron chi connectivity index (χ2n) is 14.8. The molecule has 3 aliphatic rings. The van der Waals surface area contributed by atoms with Crippen LogP contribution in [0, 0.1) is 11.8 Å². The number of pyridine rings is 1. The Bertz CT molecular complexity index is 1540. The summed E-state index contributed by atoms with van der Waals surface area (Å²) in [6.45, 7) is 8.87. The quantitative estimate of drug-likeness (QED) is 0.252. The van der Waals surface area contributed by atoms with Crippen molar-refractivity contribution in [1.82, 2.24) is 15.2 Å². The number of anilines is 1. The van der Waals surface area contributed by atoms with Crippen molar-refractivity contribution in [3.05, 3.63) is 95.3 Å². The monoisotopic (exact) mass is 654 g/mol. The SMILES string of the molecule is C[C@H]1[C@@H](CN2[C@@H](C(=O)NC(C)(C)C)CC[C@H]3CCCC[C@H]32)O[C@@H](c2cccc(NC(=O)c3cccnc3)c2)O[C@H]1c1ccc(CO)cc1. The average molecular weight is 655 g/mol. The molecule has 0 radical (unpaired) electrons. The lowest BCUT2D eigenvalue weighted by Gasteiger charge is -2.51. The lowest BCUT2D eigenvalue weighted by Crippen LogP contribution is -2.61. The van der Waals surface area contributed by atoms with E-state index in [-0.39, 0.29) is 48.1 Å². The van der Waals surface area contributed by atoms with E-state index in [0.29, 0.717) is 29.8 Å². The Hall–Kier alpha value is -3.63. The maximum absolute atomic E-state index is 13.8. The van der Waals surface area contributed by atoms with Crippen LogP contribution < -0.4 is 10.6 Å². The number of aliphatic hydroxyl groups excluding tert-OH is 1. The minimum Gasteiger partial charge on any atom is -0.392 e. The fraction of sp³-hybridized carbons (Fsp3) is 0.513. The summed E-state index contributed by atoms with van der Waals surface area (Å²) in [4.78, 5) is 33.3. The van der Waals surface area contributed by atoms with Crippen LogP contribution >= 0.6 is 0 Å². The third-order valence-corrected chi connectivity index (χ3v) is 10.2. The molecule has 2 aromatic carbocycles. The Morgan fingerprint density at radius 3 is 2.48 bits per heavy atom. The zero-order valence-corrected chi connectivity index (χ0v) is 28.6. The summed E-state index contributed by atoms with van der Waals surface area (Å²) >= 11 is 0. The minimum absolute atomic E-state index is 0.0232. The van der Waals surface area contributed by atoms with Crippen LogP contribution in [0.5, 0.6) is 0 Å². The van der Waals surface area contributed by atoms with E-state index in [9.17, 15) is 14.7 Å². The van der Waals surface area contributed by atoms with Crippen LogP contribution in [0.15, 0.2) is 73.1 Å². The number of carbonyl (C=O) groups is 2. The summed E-state index contributed by atoms with van der Waals surface area (Å²) in [6, 6.07) is 19.1. The highest BCUT2D eigenvalue weighted by Crippen LogP contribution is 2.44. The number of nitrogens with zero attached hydrogens (tertiary/aromatic N) is 2. The van der Waals surface area contributed by atoms with Gasteiger partial charge in [0.2, 0.25) is 5.91 Å². The first kappa shape index (κ1) is 34.2. The topological polar surface area (TPSA) is 113 Å². The molecular weight excluding hydrogens is 604 g/mol. The van der Waals surface area contributed by atoms with Crippen LogP contribution in [0.3, 0.4) is 0 Å². The van der Waals surface area contributed by atoms with E-state index in [1.165, 1.54) is 25.5 Å². The lowest BCUT2D eigenvalue weighted by molar-refractivity contribution is -0.278. The van der Waals surface area contributed by atoms with E-state index in [0.717, 1.165) is 36.0 Å². The van der Waals surface area contributed by atoms with Crippen molar-refractivity contribution in [2.45, 2.75) is 109 Å². The number of hydrogen-bond acceptors (Lipinski definition) is 7. The number of nitrogens with one attached hydrogen (secondary N) is 2. The van der Waals surface area contributed by atoms with Crippen LogP contribution in [0.25, 0.3) is 0 Å². The van der Waals surface area contributed by atoms with Gasteiger partial charge in [-0.2, -0.15) is 0 Å². The molecule has 9 heteroatoms. The predicted molar refractivity (Wildman–Crippen MR) is 185 cm³/mol. The molecule has 2 amide bonds. The third kappa shape index (κ3) is 7.97. The molecule has 3 N–H and O–H groups in total. The zero-order valence-electron chi connectivity index (χ0n) is 28.6. The Morgan fingerprint density at radius 1 is 0.958 bits per heavy atom. The van der Waals surface area contributed by atoms with Crippen LogP contribution in [0.4, 0.5) is 5.69 Å². The van der Waals surface area contributed by atoms with Crippen molar-refractivity contribution in [1.29, 1.82) is 0 Å². The zero-order chi connectivity index (χ0) is 33.8. The second kappa shape index (κ2) is 14.9. The second-order valence-corrected chi connectivity index (χ2v) is 14.8. The summed E-state index contributed by atoms with van der Waals surface area (Å²) in [7, 11) is 0. The summed E-state index contributed by atoms with van der Waals surface area (Å²) in [5, 5.41) is 15.9. The van der Waals surface area contributed by atoms with Crippen molar-refractivity contribution in [2.24, 2.45) is 11.8 Å². The number of carbonyl (C=O) groups excluding carboxylic acids is 2. The third-order valence-electron chi connectivity index (χ3n) is 10.2. The number of ether oxygens (including phenoxy) is 2. The van der Waals surface area contributed by atoms with Gasteiger partial charge in [0.25, 0.3) is 5.91 Å². The fourth-order valence-electron chi connectivity index (χ4n) is 7.73. The number of benzene rings is 2. The standard InChI is InChI=1S/C39H50N4O5/c1-25-34(23-43-32-13-6-5-9-27(32)18-19-33(43)37(46)42-39(2,3)4)47-38(48-35(25)28-16-14-26(24-44)15-17-28)29-10-7-12-31(21-29)41-36(45)30-11-8-20-40-22-30/h7-8,10-12,14-17,20-22,25,27,32-35,38,44H,5-6,9,13,18-19,23-24H2,1-4H3,(H,41,45)(H,42,46)/t25-,27+,32+,33+,34+,35+,38+/m0/s1. The normalized spacial score (nSPS) is 27.9. The average Bonchev–Trinajstić information content (AvgIpc) is 3.09. The first-order valence-electron chi connectivity index (χ1n) is 17.5. The van der Waals surface area contributed by atoms with Gasteiger partial charge in [-0.3, -0.25) is 19.5 Å². The summed E-state index contributed by atoms with van der Waals surface area (Å²) in [6.07, 6.45) is 8.61. The number of piperidine rings is 1. The Balaban J connectivity index is 1.30. The summed E-state index contributed by atoms with van der Waals surface area (Å²) in [5.41, 5.74) is 3.43. The molecule has 3 heterocycles. The number of fused-ring (bicyclic) bond motifs is 1. The van der Waals surface area contributed by atoms with Gasteiger partial charge >= 0.3 is 0 Å². The van der Waals surface area contributed by atoms with Gasteiger partial charge in [-0.25, -0.2) is 0 Å². The number of rotatable bonds is 8. The summed E-state index contributed by atoms with van der Waals surface area (Å²) < 4.78 is 13.6. The number of amides is 2. The molecule has 2 aliphatic heterocycles. The van der Waals surface area contributed by atoms with E-state index in [1.807, 2.05) is 69.3 Å². The highest BCUT2D eigenvalue weighted by atomic mass is 16.7. The smallest absolute Gasteiger partial charge is 0.257 e. The molecule has 9 nitrogen and oxygen atoms in total. The van der Waals surface area contributed by atoms with Gasteiger partial charge in [-0.15, -0.1) is 0 Å². The van der Waals surface area contributed by atoms with Gasteiger partial charge in [-0.05, 0) is 87.8 Å². The Kier molecular flexibility index (Phi) is 10.6. The molecular formula is C39H50N4O5. The maximum atomic E-state index is 13.8. The van der Waals surface area contributed by atoms with E-state index < -0.39 is 6.29 Å². The maximum Gasteiger partial charge on any atom is 0.257 e. The van der Waals surface area contributed by atoms with Gasteiger partial charge < -0.3 is 25.2 Å². The summed E-state index contributed by atoms with van der Waals surface area (Å²) in [5.74, 6) is 0.414. The molecule has 7 atom stereocenters. The molecule has 1 aliphatic carbocycles. The van der Waals surface area contributed by atoms with Crippen LogP contribution in [0.1, 0.15) is 106 Å². The van der Waals surface area contributed by atoms with Crippen molar-refractivity contribution >= 4 is 17.5 Å². The van der Waals surface area contributed by atoms with Gasteiger partial charge in [0.15, 0.2) is 6.29 Å². The highest BCUT2D eigenvalue weighted by Gasteiger charge is 2.46. The molecule has 2 saturated heterocycles. The largest absolute Gasteiger partial charge is 0.392 e. The molecule has 48 heavy (non-hydrogen) atoms. The number of likely N-dealkylation sites (tertiary alicyclic amines) is 1. The molecule has 1 saturated carbocycles. The van der Waals surface area contributed by atoms with Crippen molar-refractivity contribution in [3.63, 3.8) is 0 Å². The van der Waals surface area contributed by atoms with Crippen molar-refractivity contribution in [2.75, 3.05) is 11.9 Å². The van der Waals surface area contributed by atoms with Gasteiger partial charge in [-0.1, -0.05) is 56.2 Å². The van der Waals surface area contributed by atoms with Gasteiger partial charge in [0.05, 0.1) is 30.4 Å². The predicted octanol–water partition coefficient (Wildman–Crippen LogP) is 6.56. The van der Waals surface area contributed by atoms with Crippen molar-refractivity contribution in [3.8, 4) is 0 Å². The van der Waals surface area contributed by atoms with Crippen LogP contribution in [0.2, 0.25) is 0 Å². The molecule has 6 rings (SSSR count). The van der Waals surface area contributed by atoms with E-state index in [2.05, 4.69) is 27.4 Å². The van der Waals surface area contributed by atoms with Crippen LogP contribution in [-0.2, 0) is 20.9 Å². The fourth-order valence-corrected chi connectivity index (χ4v) is 7.73. The molecule has 3 aromatic rings. The number of aliphatic hydroxyl groups is 1. The first-order valence-corrected chi connectivity index (χ1v) is 17.5. The Morgan fingerprint density at radius 2 is 1.75 bits per heavy atom. The molecule has 256 valence electrons. The van der Waals surface area contributed by atoms with Gasteiger partial charge in [0.1, 0.15) is 0 Å². The first-order chi connectivity index (χ1) is 23.1. The van der Waals surface area contributed by atoms with Crippen molar-refractivity contribution < 1.29 is 24.2 Å². The Labute approximate surface area is 284 Å². The van der Waals surface area contributed by atoms with Crippen LogP contribution in [-0.4, -0.2) is 57.1 Å². The number of aromatic nitrogens is 1. The molecule has 1 aromatic heterocycles. The minimum atomic E-state index is -0.697. The van der Waals surface area contributed by atoms with Gasteiger partial charge in [0, 0.05) is 47.7 Å². The molecule has 0 bridgehead atoms. The van der Waals surface area contributed by atoms with E-state index in [1.54, 1.807) is 18.3 Å². The molecule has 0 spiro atoms. The highest BCUT2D eigenvalue weighted by molar-refractivity contribution is 6.04. The van der Waals surface area contributed by atoms with E-state index in [4.69, 9.17) is 9.47 Å². The lowest BCUT2D eigenvalue weighted by atomic mass is 9.75. The number of hydrogen-bond donors (Lipinski definition) is 3. The molecule has 0 unspecified atom stereocenters.